The summed E-state index contributed by atoms with van der Waals surface area (Å²) in [6.07, 6.45) is 3.26. The highest BCUT2D eigenvalue weighted by atomic mass is 79.9. The third kappa shape index (κ3) is 15.0. The van der Waals surface area contributed by atoms with E-state index in [9.17, 15) is 36.0 Å². The van der Waals surface area contributed by atoms with Gasteiger partial charge in [-0.15, -0.1) is 0 Å². The van der Waals surface area contributed by atoms with Crippen LogP contribution in [0, 0.1) is 0 Å². The van der Waals surface area contributed by atoms with Gasteiger partial charge in [0.05, 0.1) is 9.92 Å². The number of fused-ring (bicyclic) bond motifs is 4. The van der Waals surface area contributed by atoms with Crippen molar-refractivity contribution in [2.75, 3.05) is 45.8 Å². The molecule has 8 rings (SSSR count). The first kappa shape index (κ1) is 54.6. The van der Waals surface area contributed by atoms with Gasteiger partial charge in [-0.1, -0.05) is 39.1 Å². The zero-order valence-electron chi connectivity index (χ0n) is 34.6. The monoisotopic (exact) mass is 1180 g/mol. The van der Waals surface area contributed by atoms with E-state index in [1.54, 1.807) is 35.8 Å². The summed E-state index contributed by atoms with van der Waals surface area (Å²) in [4.78, 5) is 51.6. The number of hydrogen-bond acceptors (Lipinski definition) is 10. The van der Waals surface area contributed by atoms with Crippen LogP contribution in [0.4, 0.5) is 22.7 Å². The molecule has 15 nitrogen and oxygen atoms in total. The van der Waals surface area contributed by atoms with Crippen LogP contribution in [-0.4, -0.2) is 79.6 Å². The number of anilines is 4. The molecule has 0 unspecified atom stereocenters. The fourth-order valence-electron chi connectivity index (χ4n) is 7.20. The highest BCUT2D eigenvalue weighted by molar-refractivity contribution is 9.10. The molecule has 4 aliphatic heterocycles. The van der Waals surface area contributed by atoms with Gasteiger partial charge in [-0.3, -0.25) is 23.7 Å². The van der Waals surface area contributed by atoms with Gasteiger partial charge in [0.2, 0.25) is 23.6 Å². The summed E-state index contributed by atoms with van der Waals surface area (Å²) in [6.45, 7) is 8.78. The van der Waals surface area contributed by atoms with Crippen molar-refractivity contribution in [3.8, 4) is 0 Å². The average Bonchev–Trinajstić information content (AvgIpc) is 3.97. The maximum Gasteiger partial charge on any atom is 0.353 e. The van der Waals surface area contributed by atoms with Crippen LogP contribution < -0.4 is 19.6 Å². The van der Waals surface area contributed by atoms with Crippen LogP contribution in [0.15, 0.2) is 79.4 Å². The van der Waals surface area contributed by atoms with Crippen LogP contribution in [0.1, 0.15) is 49.9 Å². The summed E-state index contributed by atoms with van der Waals surface area (Å²) in [7, 11) is 2.75. The normalized spacial score (nSPS) is 14.5. The summed E-state index contributed by atoms with van der Waals surface area (Å²) in [5.41, 5.74) is 7.49. The second-order valence-electron chi connectivity index (χ2n) is 14.3. The molecule has 0 radical (unpaired) electrons. The molecule has 0 spiro atoms. The number of halogens is 7. The van der Waals surface area contributed by atoms with E-state index in [1.165, 1.54) is 42.0 Å². The van der Waals surface area contributed by atoms with Crippen LogP contribution in [0.25, 0.3) is 0 Å². The molecule has 4 aromatic rings. The van der Waals surface area contributed by atoms with Crippen LogP contribution in [0.5, 0.6) is 0 Å². The molecule has 0 bridgehead atoms. The van der Waals surface area contributed by atoms with Crippen molar-refractivity contribution in [1.82, 2.24) is 0 Å². The number of carbonyl (C=O) groups is 4. The molecule has 4 aliphatic rings. The molecule has 4 heterocycles. The number of rotatable bonds is 2. The lowest BCUT2D eigenvalue weighted by atomic mass is 10.2. The van der Waals surface area contributed by atoms with Crippen molar-refractivity contribution in [3.63, 3.8) is 0 Å². The van der Waals surface area contributed by atoms with E-state index in [-0.39, 0.29) is 38.4 Å². The second-order valence-corrected chi connectivity index (χ2v) is 24.0. The molecule has 4 aromatic carbocycles. The van der Waals surface area contributed by atoms with Gasteiger partial charge in [-0.05, 0) is 125 Å². The Kier molecular flexibility index (Phi) is 18.8. The summed E-state index contributed by atoms with van der Waals surface area (Å²) in [5, 5.41) is 0.827. The summed E-state index contributed by atoms with van der Waals surface area (Å²) in [6, 6.07) is 17.8. The third-order valence-corrected chi connectivity index (χ3v) is 14.8. The number of benzene rings is 4. The van der Waals surface area contributed by atoms with Crippen molar-refractivity contribution in [2.24, 2.45) is 0 Å². The maximum absolute atomic E-state index is 11.4. The first-order valence-corrected chi connectivity index (χ1v) is 28.1. The van der Waals surface area contributed by atoms with E-state index >= 15 is 0 Å². The highest BCUT2D eigenvalue weighted by Gasteiger charge is 2.28. The minimum atomic E-state index is -4.19. The Balaban J connectivity index is 0.000000184. The zero-order valence-corrected chi connectivity index (χ0v) is 44.0. The van der Waals surface area contributed by atoms with Gasteiger partial charge in [0, 0.05) is 123 Å². The smallest absolute Gasteiger partial charge is 0.312 e. The second kappa shape index (κ2) is 22.4. The minimum absolute atomic E-state index is 0.00827. The number of amides is 4. The Morgan fingerprint density at radius 2 is 0.846 bits per heavy atom. The van der Waals surface area contributed by atoms with Crippen LogP contribution in [-0.2, 0) is 72.3 Å². The summed E-state index contributed by atoms with van der Waals surface area (Å²) < 4.78 is 72.0. The Morgan fingerprint density at radius 3 is 1.25 bits per heavy atom. The quantitative estimate of drug-likeness (QED) is 0.148. The predicted molar refractivity (Wildman–Crippen MR) is 262 cm³/mol. The number of carbonyl (C=O) groups excluding carboxylic acids is 4. The first-order valence-electron chi connectivity index (χ1n) is 18.9. The molecule has 0 atom stereocenters. The highest BCUT2D eigenvalue weighted by Crippen LogP contribution is 2.38. The van der Waals surface area contributed by atoms with Crippen molar-refractivity contribution in [1.29, 1.82) is 0 Å². The van der Waals surface area contributed by atoms with Crippen molar-refractivity contribution in [2.45, 2.75) is 63.2 Å². The fourth-order valence-corrected chi connectivity index (χ4v) is 11.6. The average molecular weight is 1190 g/mol. The molecule has 352 valence electrons. The lowest BCUT2D eigenvalue weighted by molar-refractivity contribution is -0.117. The minimum Gasteiger partial charge on any atom is -0.312 e. The number of hydrogen-bond donors (Lipinski definition) is 1. The SMILES string of the molecule is CC(=O)N1CCc2cc(Br)c(S(=O)(=O)Cl)cc21.CC(=O)N1CCc2cc(Br)ccc21.CC(=O)N1CCc2cc(Cl)c(S(=O)(=O)Cl)cc21.CC(=O)N1CCc2cc(Cl)ccc21.O=S(=O)(O)Cl. The standard InChI is InChI=1S/C10H9BrClNO3S.C10H10BrNO.C10H9Cl2NO3S.C10H10ClNO.ClHO3S/c1-6(14)13-3-2-7-4-8(11)10(5-9(7)13)17(12,15)16;1-7(13)12-5-4-8-6-9(11)2-3-10(8)12;1-6(14)13-3-2-7-4-8(11)10(5-9(7)13)17(12,15)16;1-7(13)12-5-4-8-6-9(11)2-3-10(8)12;1-5(2,3)4/h4-5H,2-3H2,1H3;2-3,6H,4-5H2,1H3;4-5H,2-3H2,1H3;2-3,6H,4-5H2,1H3;(H,2,3,4). The lowest BCUT2D eigenvalue weighted by Crippen LogP contribution is -2.25. The molecule has 0 fully saturated rings. The van der Waals surface area contributed by atoms with Crippen molar-refractivity contribution < 1.29 is 49.0 Å². The Bertz CT molecular complexity index is 2710. The summed E-state index contributed by atoms with van der Waals surface area (Å²) in [5.74, 6) is -0.0184. The van der Waals surface area contributed by atoms with E-state index in [4.69, 9.17) is 57.5 Å². The molecular weight excluding hydrogens is 1150 g/mol. The van der Waals surface area contributed by atoms with E-state index in [2.05, 4.69) is 48.6 Å². The zero-order chi connectivity index (χ0) is 48.9. The van der Waals surface area contributed by atoms with Crippen molar-refractivity contribution in [3.05, 3.63) is 102 Å². The summed E-state index contributed by atoms with van der Waals surface area (Å²) >= 11 is 18.3. The Morgan fingerprint density at radius 1 is 0.508 bits per heavy atom. The van der Waals surface area contributed by atoms with Gasteiger partial charge in [0.15, 0.2) is 0 Å². The molecule has 0 aromatic heterocycles. The van der Waals surface area contributed by atoms with Gasteiger partial charge in [0.1, 0.15) is 4.90 Å². The largest absolute Gasteiger partial charge is 0.353 e. The van der Waals surface area contributed by atoms with Crippen LogP contribution >= 0.6 is 87.1 Å². The van der Waals surface area contributed by atoms with Crippen molar-refractivity contribution >= 4 is 161 Å². The predicted octanol–water partition coefficient (Wildman–Crippen LogP) is 9.10. The fraction of sp³-hybridized carbons (Fsp3) is 0.300. The molecule has 0 aliphatic carbocycles. The lowest BCUT2D eigenvalue weighted by Gasteiger charge is -2.15. The van der Waals surface area contributed by atoms with Gasteiger partial charge in [0.25, 0.3) is 18.1 Å². The van der Waals surface area contributed by atoms with E-state index in [0.29, 0.717) is 35.4 Å². The van der Waals surface area contributed by atoms with Crippen LogP contribution in [0.3, 0.4) is 0 Å². The molecular formula is C40H39Br2Cl5N4O11S3. The Labute approximate surface area is 417 Å². The Hall–Kier alpha value is -3.02. The maximum atomic E-state index is 11.4. The molecule has 65 heavy (non-hydrogen) atoms. The van der Waals surface area contributed by atoms with E-state index in [1.807, 2.05) is 35.2 Å². The first-order chi connectivity index (χ1) is 30.0. The van der Waals surface area contributed by atoms with Crippen LogP contribution in [0.2, 0.25) is 10.0 Å². The molecule has 0 saturated carbocycles. The molecule has 1 N–H and O–H groups in total. The third-order valence-electron chi connectivity index (χ3n) is 9.98. The van der Waals surface area contributed by atoms with E-state index in [0.717, 1.165) is 64.3 Å². The topological polar surface area (TPSA) is 204 Å². The van der Waals surface area contributed by atoms with Gasteiger partial charge >= 0.3 is 9.33 Å². The van der Waals surface area contributed by atoms with Gasteiger partial charge < -0.3 is 19.6 Å². The molecule has 4 amide bonds. The van der Waals surface area contributed by atoms with Gasteiger partial charge in [-0.25, -0.2) is 16.8 Å². The number of nitrogens with zero attached hydrogens (tertiary/aromatic N) is 4. The van der Waals surface area contributed by atoms with Gasteiger partial charge in [-0.2, -0.15) is 8.42 Å². The van der Waals surface area contributed by atoms with E-state index < -0.39 is 27.4 Å². The molecule has 25 heteroatoms. The molecule has 0 saturated heterocycles.